The molecule has 1 atom stereocenters. The van der Waals surface area contributed by atoms with Gasteiger partial charge >= 0.3 is 0 Å². The zero-order valence-electron chi connectivity index (χ0n) is 18.4. The van der Waals surface area contributed by atoms with Crippen molar-refractivity contribution in [1.29, 1.82) is 0 Å². The van der Waals surface area contributed by atoms with Crippen molar-refractivity contribution in [3.63, 3.8) is 0 Å². The lowest BCUT2D eigenvalue weighted by atomic mass is 10.1. The highest BCUT2D eigenvalue weighted by molar-refractivity contribution is 7.99. The largest absolute Gasteiger partial charge is 0.497 e. The molecule has 0 bridgehead atoms. The lowest BCUT2D eigenvalue weighted by molar-refractivity contribution is -0.139. The molecule has 0 aliphatic carbocycles. The third-order valence-electron chi connectivity index (χ3n) is 4.86. The van der Waals surface area contributed by atoms with Gasteiger partial charge in [0.1, 0.15) is 17.6 Å². The molecule has 0 aliphatic heterocycles. The van der Waals surface area contributed by atoms with Crippen LogP contribution in [0.3, 0.4) is 0 Å². The van der Waals surface area contributed by atoms with E-state index in [4.69, 9.17) is 4.74 Å². The molecule has 0 radical (unpaired) electrons. The molecule has 0 saturated carbocycles. The Morgan fingerprint density at radius 3 is 2.61 bits per heavy atom. The van der Waals surface area contributed by atoms with Crippen LogP contribution in [0.25, 0.3) is 0 Å². The van der Waals surface area contributed by atoms with Gasteiger partial charge in [-0.2, -0.15) is 0 Å². The summed E-state index contributed by atoms with van der Waals surface area (Å²) >= 11 is 1.35. The molecule has 2 aromatic rings. The van der Waals surface area contributed by atoms with E-state index in [0.29, 0.717) is 36.6 Å². The molecule has 0 aliphatic rings. The summed E-state index contributed by atoms with van der Waals surface area (Å²) in [6, 6.07) is 13.5. The summed E-state index contributed by atoms with van der Waals surface area (Å²) in [5, 5.41) is 2.90. The van der Waals surface area contributed by atoms with Gasteiger partial charge in [0.15, 0.2) is 0 Å². The van der Waals surface area contributed by atoms with Gasteiger partial charge in [0, 0.05) is 18.8 Å². The van der Waals surface area contributed by atoms with Crippen molar-refractivity contribution < 1.29 is 18.7 Å². The number of thioether (sulfide) groups is 1. The van der Waals surface area contributed by atoms with Gasteiger partial charge in [0.25, 0.3) is 0 Å². The van der Waals surface area contributed by atoms with Crippen LogP contribution in [0.15, 0.2) is 48.5 Å². The monoisotopic (exact) mass is 446 g/mol. The van der Waals surface area contributed by atoms with E-state index in [0.717, 1.165) is 12.0 Å². The van der Waals surface area contributed by atoms with Crippen molar-refractivity contribution in [3.8, 4) is 5.75 Å². The van der Waals surface area contributed by atoms with E-state index >= 15 is 0 Å². The van der Waals surface area contributed by atoms with E-state index in [-0.39, 0.29) is 23.4 Å². The molecular formula is C24H31FN2O3S. The normalized spacial score (nSPS) is 11.6. The summed E-state index contributed by atoms with van der Waals surface area (Å²) < 4.78 is 19.2. The van der Waals surface area contributed by atoms with Crippen LogP contribution >= 0.6 is 11.8 Å². The molecule has 0 aromatic heterocycles. The Morgan fingerprint density at radius 1 is 1.16 bits per heavy atom. The fraction of sp³-hybridized carbons (Fsp3) is 0.417. The number of methoxy groups -OCH3 is 1. The number of ether oxygens (including phenoxy) is 1. The molecule has 2 amide bonds. The third-order valence-corrected chi connectivity index (χ3v) is 5.83. The van der Waals surface area contributed by atoms with Crippen LogP contribution in [0.5, 0.6) is 5.75 Å². The average Bonchev–Trinajstić information content (AvgIpc) is 2.78. The fourth-order valence-corrected chi connectivity index (χ4v) is 4.10. The van der Waals surface area contributed by atoms with Crippen molar-refractivity contribution >= 4 is 23.6 Å². The number of hydrogen-bond acceptors (Lipinski definition) is 4. The van der Waals surface area contributed by atoms with Crippen LogP contribution in [0.2, 0.25) is 0 Å². The molecule has 1 N–H and O–H groups in total. The van der Waals surface area contributed by atoms with Crippen LogP contribution in [0.1, 0.15) is 37.8 Å². The first kappa shape index (κ1) is 24.7. The Balaban J connectivity index is 2.15. The number of nitrogens with one attached hydrogen (secondary N) is 1. The number of halogens is 1. The second-order valence-corrected chi connectivity index (χ2v) is 8.16. The molecule has 7 heteroatoms. The Morgan fingerprint density at radius 2 is 1.94 bits per heavy atom. The summed E-state index contributed by atoms with van der Waals surface area (Å²) in [6.07, 6.45) is 1.33. The summed E-state index contributed by atoms with van der Waals surface area (Å²) in [5.74, 6) is 0.672. The second kappa shape index (κ2) is 13.0. The van der Waals surface area contributed by atoms with E-state index in [1.165, 1.54) is 17.8 Å². The maximum atomic E-state index is 13.9. The quantitative estimate of drug-likeness (QED) is 0.525. The third kappa shape index (κ3) is 7.58. The van der Waals surface area contributed by atoms with E-state index in [1.807, 2.05) is 38.1 Å². The van der Waals surface area contributed by atoms with Gasteiger partial charge in [0.2, 0.25) is 11.8 Å². The van der Waals surface area contributed by atoms with Crippen LogP contribution in [-0.2, 0) is 21.9 Å². The van der Waals surface area contributed by atoms with Crippen LogP contribution in [0, 0.1) is 5.82 Å². The minimum Gasteiger partial charge on any atom is -0.497 e. The molecule has 0 fully saturated rings. The van der Waals surface area contributed by atoms with Gasteiger partial charge < -0.3 is 15.0 Å². The molecule has 168 valence electrons. The van der Waals surface area contributed by atoms with E-state index < -0.39 is 6.04 Å². The minimum atomic E-state index is -0.570. The predicted molar refractivity (Wildman–Crippen MR) is 123 cm³/mol. The topological polar surface area (TPSA) is 58.6 Å². The zero-order valence-corrected chi connectivity index (χ0v) is 19.2. The van der Waals surface area contributed by atoms with Crippen molar-refractivity contribution in [2.24, 2.45) is 0 Å². The SMILES string of the molecule is CCCNC(=O)[C@H](CC)N(Cc1cccc(OC)c1)C(=O)CSCc1ccccc1F. The van der Waals surface area contributed by atoms with Gasteiger partial charge in [-0.25, -0.2) is 4.39 Å². The average molecular weight is 447 g/mol. The standard InChI is InChI=1S/C24H31FN2O3S/c1-4-13-26-24(29)22(5-2)27(15-18-9-8-11-20(14-18)30-3)23(28)17-31-16-19-10-6-7-12-21(19)25/h6-12,14,22H,4-5,13,15-17H2,1-3H3,(H,26,29)/t22-/m0/s1. The molecule has 0 spiro atoms. The Hall–Kier alpha value is -2.54. The first-order chi connectivity index (χ1) is 15.0. The number of hydrogen-bond donors (Lipinski definition) is 1. The smallest absolute Gasteiger partial charge is 0.242 e. The number of carbonyl (C=O) groups is 2. The zero-order chi connectivity index (χ0) is 22.6. The van der Waals surface area contributed by atoms with E-state index in [2.05, 4.69) is 5.32 Å². The van der Waals surface area contributed by atoms with Crippen LogP contribution in [-0.4, -0.2) is 42.2 Å². The molecule has 0 saturated heterocycles. The Bertz CT molecular complexity index is 862. The Labute approximate surface area is 188 Å². The van der Waals surface area contributed by atoms with Crippen molar-refractivity contribution in [2.45, 2.75) is 45.0 Å². The van der Waals surface area contributed by atoms with Crippen LogP contribution < -0.4 is 10.1 Å². The van der Waals surface area contributed by atoms with Gasteiger partial charge in [0.05, 0.1) is 12.9 Å². The molecule has 0 unspecified atom stereocenters. The van der Waals surface area contributed by atoms with Gasteiger partial charge in [-0.3, -0.25) is 9.59 Å². The van der Waals surface area contributed by atoms with Gasteiger partial charge in [-0.1, -0.05) is 44.2 Å². The minimum absolute atomic E-state index is 0.150. The lowest BCUT2D eigenvalue weighted by Gasteiger charge is -2.30. The molecule has 2 aromatic carbocycles. The van der Waals surface area contributed by atoms with Gasteiger partial charge in [-0.15, -0.1) is 11.8 Å². The Kier molecular flexibility index (Phi) is 10.4. The predicted octanol–water partition coefficient (Wildman–Crippen LogP) is 4.40. The number of amides is 2. The fourth-order valence-electron chi connectivity index (χ4n) is 3.20. The number of rotatable bonds is 12. The van der Waals surface area contributed by atoms with Crippen molar-refractivity contribution in [1.82, 2.24) is 10.2 Å². The van der Waals surface area contributed by atoms with Crippen molar-refractivity contribution in [2.75, 3.05) is 19.4 Å². The van der Waals surface area contributed by atoms with E-state index in [9.17, 15) is 14.0 Å². The van der Waals surface area contributed by atoms with E-state index in [1.54, 1.807) is 30.2 Å². The first-order valence-corrected chi connectivity index (χ1v) is 11.7. The number of benzene rings is 2. The summed E-state index contributed by atoms with van der Waals surface area (Å²) in [7, 11) is 1.59. The maximum Gasteiger partial charge on any atom is 0.242 e. The van der Waals surface area contributed by atoms with Crippen molar-refractivity contribution in [3.05, 3.63) is 65.5 Å². The van der Waals surface area contributed by atoms with Gasteiger partial charge in [-0.05, 0) is 42.2 Å². The number of nitrogens with zero attached hydrogens (tertiary/aromatic N) is 1. The highest BCUT2D eigenvalue weighted by Gasteiger charge is 2.28. The summed E-state index contributed by atoms with van der Waals surface area (Å²) in [6.45, 7) is 4.75. The number of carbonyl (C=O) groups excluding carboxylic acids is 2. The molecule has 2 rings (SSSR count). The maximum absolute atomic E-state index is 13.9. The lowest BCUT2D eigenvalue weighted by Crippen LogP contribution is -2.49. The summed E-state index contributed by atoms with van der Waals surface area (Å²) in [4.78, 5) is 27.5. The molecule has 5 nitrogen and oxygen atoms in total. The molecule has 0 heterocycles. The highest BCUT2D eigenvalue weighted by atomic mass is 32.2. The second-order valence-electron chi connectivity index (χ2n) is 7.17. The highest BCUT2D eigenvalue weighted by Crippen LogP contribution is 2.20. The van der Waals surface area contributed by atoms with Crippen LogP contribution in [0.4, 0.5) is 4.39 Å². The summed E-state index contributed by atoms with van der Waals surface area (Å²) in [5.41, 5.74) is 1.45. The first-order valence-electron chi connectivity index (χ1n) is 10.5. The molecular weight excluding hydrogens is 415 g/mol. The molecule has 31 heavy (non-hydrogen) atoms.